The Morgan fingerprint density at radius 3 is 2.68 bits per heavy atom. The maximum Gasteiger partial charge on any atom is 0.291 e. The number of nitrogens with one attached hydrogen (secondary N) is 1. The van der Waals surface area contributed by atoms with Crippen molar-refractivity contribution in [3.63, 3.8) is 0 Å². The number of aryl methyl sites for hydroxylation is 3. The molecule has 0 spiro atoms. The molecule has 0 saturated carbocycles. The van der Waals surface area contributed by atoms with Gasteiger partial charge >= 0.3 is 0 Å². The van der Waals surface area contributed by atoms with Crippen molar-refractivity contribution in [2.75, 3.05) is 5.32 Å². The third kappa shape index (κ3) is 5.03. The summed E-state index contributed by atoms with van der Waals surface area (Å²) in [5, 5.41) is 11.4. The highest BCUT2D eigenvalue weighted by Crippen LogP contribution is 2.16. The lowest BCUT2D eigenvalue weighted by Gasteiger charge is -2.06. The van der Waals surface area contributed by atoms with Crippen molar-refractivity contribution in [1.29, 1.82) is 0 Å². The Labute approximate surface area is 180 Å². The molecule has 0 aliphatic carbocycles. The monoisotopic (exact) mass is 419 g/mol. The molecular weight excluding hydrogens is 394 g/mol. The van der Waals surface area contributed by atoms with Crippen LogP contribution in [0.4, 0.5) is 5.69 Å². The van der Waals surface area contributed by atoms with Crippen LogP contribution in [0.1, 0.15) is 40.2 Å². The predicted octanol–water partition coefficient (Wildman–Crippen LogP) is 4.19. The predicted molar refractivity (Wildman–Crippen MR) is 116 cm³/mol. The Hall–Kier alpha value is -3.81. The number of hydrogen-bond donors (Lipinski definition) is 1. The van der Waals surface area contributed by atoms with Gasteiger partial charge < -0.3 is 14.5 Å². The van der Waals surface area contributed by atoms with E-state index in [9.17, 15) is 4.79 Å². The largest absolute Gasteiger partial charge is 0.471 e. The Kier molecular flexibility index (Phi) is 5.88. The van der Waals surface area contributed by atoms with Gasteiger partial charge in [0.2, 0.25) is 0 Å². The molecule has 4 rings (SSSR count). The fourth-order valence-electron chi connectivity index (χ4n) is 3.22. The zero-order valence-electron chi connectivity index (χ0n) is 17.8. The molecule has 0 radical (unpaired) electrons. The number of benzene rings is 1. The van der Waals surface area contributed by atoms with Gasteiger partial charge in [-0.05, 0) is 56.2 Å². The molecule has 160 valence electrons. The summed E-state index contributed by atoms with van der Waals surface area (Å²) in [7, 11) is 0. The number of nitrogens with zero attached hydrogens (tertiary/aromatic N) is 4. The molecule has 0 aliphatic heterocycles. The molecule has 4 aromatic rings. The van der Waals surface area contributed by atoms with Crippen molar-refractivity contribution in [3.05, 3.63) is 83.3 Å². The highest BCUT2D eigenvalue weighted by atomic mass is 16.5. The molecule has 31 heavy (non-hydrogen) atoms. The molecule has 0 fully saturated rings. The lowest BCUT2D eigenvalue weighted by molar-refractivity contribution is 0.0994. The van der Waals surface area contributed by atoms with Crippen LogP contribution in [-0.4, -0.2) is 25.5 Å². The van der Waals surface area contributed by atoms with Gasteiger partial charge in [-0.1, -0.05) is 19.1 Å². The fourth-order valence-corrected chi connectivity index (χ4v) is 3.22. The zero-order chi connectivity index (χ0) is 21.8. The molecule has 0 bridgehead atoms. The van der Waals surface area contributed by atoms with Crippen LogP contribution in [-0.2, 0) is 19.7 Å². The van der Waals surface area contributed by atoms with Gasteiger partial charge in [0.05, 0.1) is 30.3 Å². The van der Waals surface area contributed by atoms with E-state index in [1.807, 2.05) is 48.9 Å². The summed E-state index contributed by atoms with van der Waals surface area (Å²) in [6.07, 6.45) is 4.27. The number of carbonyl (C=O) groups is 1. The third-order valence-corrected chi connectivity index (χ3v) is 4.88. The van der Waals surface area contributed by atoms with Crippen molar-refractivity contribution in [3.8, 4) is 5.75 Å². The highest BCUT2D eigenvalue weighted by molar-refractivity contribution is 6.02. The summed E-state index contributed by atoms with van der Waals surface area (Å²) in [6, 6.07) is 13.4. The Balaban J connectivity index is 1.32. The van der Waals surface area contributed by atoms with E-state index in [0.29, 0.717) is 18.0 Å². The minimum absolute atomic E-state index is 0.233. The van der Waals surface area contributed by atoms with Crippen LogP contribution in [0.3, 0.4) is 0 Å². The second-order valence-electron chi connectivity index (χ2n) is 7.34. The Morgan fingerprint density at radius 1 is 1.16 bits per heavy atom. The molecule has 1 aromatic carbocycles. The van der Waals surface area contributed by atoms with Crippen LogP contribution < -0.4 is 10.1 Å². The summed E-state index contributed by atoms with van der Waals surface area (Å²) in [4.78, 5) is 12.5. The van der Waals surface area contributed by atoms with Crippen LogP contribution in [0, 0.1) is 13.8 Å². The molecule has 0 aliphatic rings. The SMILES string of the molecule is CCc1ccc(OCn2cc(NC(=O)c3ccc(Cn4nc(C)cc4C)o3)cn2)cc1. The molecular formula is C23H25N5O3. The molecule has 0 saturated heterocycles. The van der Waals surface area contributed by atoms with Crippen LogP contribution in [0.15, 0.2) is 59.3 Å². The van der Waals surface area contributed by atoms with Gasteiger partial charge in [-0.15, -0.1) is 0 Å². The second kappa shape index (κ2) is 8.91. The van der Waals surface area contributed by atoms with E-state index in [-0.39, 0.29) is 18.4 Å². The molecule has 0 atom stereocenters. The minimum Gasteiger partial charge on any atom is -0.471 e. The van der Waals surface area contributed by atoms with E-state index < -0.39 is 0 Å². The van der Waals surface area contributed by atoms with Gasteiger partial charge in [0.1, 0.15) is 11.5 Å². The first-order valence-electron chi connectivity index (χ1n) is 10.2. The van der Waals surface area contributed by atoms with Crippen molar-refractivity contribution in [1.82, 2.24) is 19.6 Å². The lowest BCUT2D eigenvalue weighted by atomic mass is 10.2. The Morgan fingerprint density at radius 2 is 1.97 bits per heavy atom. The van der Waals surface area contributed by atoms with Gasteiger partial charge in [-0.25, -0.2) is 4.68 Å². The van der Waals surface area contributed by atoms with Crippen LogP contribution in [0.25, 0.3) is 0 Å². The first-order chi connectivity index (χ1) is 15.0. The summed E-state index contributed by atoms with van der Waals surface area (Å²) in [6.45, 7) is 6.76. The second-order valence-corrected chi connectivity index (χ2v) is 7.34. The molecule has 0 unspecified atom stereocenters. The first-order valence-corrected chi connectivity index (χ1v) is 10.2. The van der Waals surface area contributed by atoms with Crippen molar-refractivity contribution >= 4 is 11.6 Å². The van der Waals surface area contributed by atoms with Crippen molar-refractivity contribution < 1.29 is 13.9 Å². The van der Waals surface area contributed by atoms with Crippen LogP contribution >= 0.6 is 0 Å². The van der Waals surface area contributed by atoms with Gasteiger partial charge in [0, 0.05) is 5.69 Å². The summed E-state index contributed by atoms with van der Waals surface area (Å²) < 4.78 is 14.9. The number of hydrogen-bond acceptors (Lipinski definition) is 5. The first kappa shape index (κ1) is 20.5. The van der Waals surface area contributed by atoms with Gasteiger partial charge in [-0.3, -0.25) is 9.48 Å². The average Bonchev–Trinajstić information content (AvgIpc) is 3.48. The topological polar surface area (TPSA) is 87.1 Å². The fraction of sp³-hybridized carbons (Fsp3) is 0.261. The minimum atomic E-state index is -0.338. The Bertz CT molecular complexity index is 1170. The number of ether oxygens (including phenoxy) is 1. The number of rotatable bonds is 8. The zero-order valence-corrected chi connectivity index (χ0v) is 17.8. The maximum absolute atomic E-state index is 12.5. The molecule has 8 nitrogen and oxygen atoms in total. The maximum atomic E-state index is 12.5. The summed E-state index contributed by atoms with van der Waals surface area (Å²) in [5.74, 6) is 1.32. The van der Waals surface area contributed by atoms with E-state index in [2.05, 4.69) is 22.4 Å². The van der Waals surface area contributed by atoms with Gasteiger partial charge in [0.15, 0.2) is 12.5 Å². The van der Waals surface area contributed by atoms with E-state index >= 15 is 0 Å². The number of aromatic nitrogens is 4. The average molecular weight is 419 g/mol. The smallest absolute Gasteiger partial charge is 0.291 e. The molecule has 3 aromatic heterocycles. The summed E-state index contributed by atoms with van der Waals surface area (Å²) >= 11 is 0. The normalized spacial score (nSPS) is 10.9. The number of furan rings is 1. The van der Waals surface area contributed by atoms with Gasteiger partial charge in [-0.2, -0.15) is 10.2 Å². The molecule has 1 amide bonds. The highest BCUT2D eigenvalue weighted by Gasteiger charge is 2.14. The standard InChI is InChI=1S/C23H25N5O3/c1-4-18-5-7-20(8-6-18)30-15-27-13-19(12-24-27)25-23(29)22-10-9-21(31-22)14-28-17(3)11-16(2)26-28/h5-13H,4,14-15H2,1-3H3,(H,25,29). The van der Waals surface area contributed by atoms with Gasteiger partial charge in [0.25, 0.3) is 5.91 Å². The van der Waals surface area contributed by atoms with Crippen molar-refractivity contribution in [2.45, 2.75) is 40.5 Å². The van der Waals surface area contributed by atoms with E-state index in [0.717, 1.165) is 23.6 Å². The number of anilines is 1. The quantitative estimate of drug-likeness (QED) is 0.463. The molecule has 3 heterocycles. The van der Waals surface area contributed by atoms with E-state index in [1.165, 1.54) is 5.56 Å². The van der Waals surface area contributed by atoms with E-state index in [1.54, 1.807) is 29.2 Å². The van der Waals surface area contributed by atoms with Crippen molar-refractivity contribution in [2.24, 2.45) is 0 Å². The number of carbonyl (C=O) groups excluding carboxylic acids is 1. The third-order valence-electron chi connectivity index (χ3n) is 4.88. The number of amides is 1. The van der Waals surface area contributed by atoms with Crippen LogP contribution in [0.5, 0.6) is 5.75 Å². The molecule has 1 N–H and O–H groups in total. The lowest BCUT2D eigenvalue weighted by Crippen LogP contribution is -2.10. The van der Waals surface area contributed by atoms with Crippen LogP contribution in [0.2, 0.25) is 0 Å². The summed E-state index contributed by atoms with van der Waals surface area (Å²) in [5.41, 5.74) is 3.80. The van der Waals surface area contributed by atoms with E-state index in [4.69, 9.17) is 9.15 Å². The molecule has 8 heteroatoms.